The van der Waals surface area contributed by atoms with Crippen LogP contribution in [0.2, 0.25) is 5.02 Å². The fourth-order valence-electron chi connectivity index (χ4n) is 4.68. The first-order valence-electron chi connectivity index (χ1n) is 11.2. The third-order valence-corrected chi connectivity index (χ3v) is 6.79. The highest BCUT2D eigenvalue weighted by atomic mass is 35.5. The summed E-state index contributed by atoms with van der Waals surface area (Å²) < 4.78 is 15.8. The molecule has 0 unspecified atom stereocenters. The molecule has 1 amide bonds. The summed E-state index contributed by atoms with van der Waals surface area (Å²) in [5.41, 5.74) is 2.04. The van der Waals surface area contributed by atoms with E-state index in [0.29, 0.717) is 47.3 Å². The van der Waals surface area contributed by atoms with E-state index in [1.54, 1.807) is 17.2 Å². The number of benzene rings is 1. The first-order valence-corrected chi connectivity index (χ1v) is 11.5. The van der Waals surface area contributed by atoms with E-state index in [-0.39, 0.29) is 29.6 Å². The molecule has 9 heteroatoms. The van der Waals surface area contributed by atoms with Gasteiger partial charge in [-0.05, 0) is 36.5 Å². The van der Waals surface area contributed by atoms with Crippen LogP contribution in [-0.2, 0) is 4.79 Å². The van der Waals surface area contributed by atoms with Crippen LogP contribution in [0.25, 0.3) is 22.2 Å². The zero-order chi connectivity index (χ0) is 23.8. The molecular weight excluding hydrogens is 455 g/mol. The van der Waals surface area contributed by atoms with Gasteiger partial charge in [-0.1, -0.05) is 30.3 Å². The van der Waals surface area contributed by atoms with Crippen LogP contribution in [0.4, 0.5) is 10.2 Å². The lowest BCUT2D eigenvalue weighted by molar-refractivity contribution is -0.128. The van der Waals surface area contributed by atoms with E-state index in [9.17, 15) is 10.1 Å². The molecule has 34 heavy (non-hydrogen) atoms. The van der Waals surface area contributed by atoms with E-state index < -0.39 is 5.82 Å². The van der Waals surface area contributed by atoms with Gasteiger partial charge < -0.3 is 9.80 Å². The maximum absolute atomic E-state index is 15.8. The number of piperazine rings is 1. The molecule has 1 aromatic carbocycles. The number of carbonyl (C=O) groups excluding carboxylic acids is 1. The highest BCUT2D eigenvalue weighted by Gasteiger charge is 2.32. The fraction of sp³-hybridized carbons (Fsp3) is 0.320. The van der Waals surface area contributed by atoms with Gasteiger partial charge >= 0.3 is 0 Å². The molecule has 0 spiro atoms. The lowest BCUT2D eigenvalue weighted by atomic mass is 9.99. The third kappa shape index (κ3) is 3.86. The zero-order valence-electron chi connectivity index (χ0n) is 18.4. The molecule has 2 aliphatic rings. The second kappa shape index (κ2) is 8.99. The van der Waals surface area contributed by atoms with E-state index in [1.165, 1.54) is 12.4 Å². The Balaban J connectivity index is 1.54. The van der Waals surface area contributed by atoms with E-state index in [2.05, 4.69) is 27.6 Å². The van der Waals surface area contributed by atoms with Gasteiger partial charge in [-0.2, -0.15) is 5.26 Å². The first kappa shape index (κ1) is 22.2. The Hall–Kier alpha value is -3.57. The number of hydrogen-bond acceptors (Lipinski definition) is 6. The highest BCUT2D eigenvalue weighted by Crippen LogP contribution is 2.48. The largest absolute Gasteiger partial charge is 0.352 e. The van der Waals surface area contributed by atoms with Crippen LogP contribution < -0.4 is 4.90 Å². The molecule has 1 saturated heterocycles. The number of hydrogen-bond donors (Lipinski definition) is 0. The van der Waals surface area contributed by atoms with Crippen LogP contribution in [0.3, 0.4) is 0 Å². The van der Waals surface area contributed by atoms with Crippen LogP contribution in [0, 0.1) is 17.1 Å². The average Bonchev–Trinajstić information content (AvgIpc) is 3.69. The van der Waals surface area contributed by atoms with Crippen molar-refractivity contribution in [1.29, 1.82) is 5.26 Å². The molecule has 5 rings (SSSR count). The third-order valence-electron chi connectivity index (χ3n) is 6.46. The van der Waals surface area contributed by atoms with Crippen molar-refractivity contribution in [3.8, 4) is 17.3 Å². The predicted molar refractivity (Wildman–Crippen MR) is 128 cm³/mol. The summed E-state index contributed by atoms with van der Waals surface area (Å²) in [6.07, 6.45) is 6.43. The summed E-state index contributed by atoms with van der Waals surface area (Å²) >= 11 is 6.46. The Bertz CT molecular complexity index is 1330. The summed E-state index contributed by atoms with van der Waals surface area (Å²) in [4.78, 5) is 28.9. The number of fused-ring (bicyclic) bond motifs is 1. The van der Waals surface area contributed by atoms with Crippen molar-refractivity contribution in [2.24, 2.45) is 0 Å². The molecule has 1 aliphatic heterocycles. The Morgan fingerprint density at radius 2 is 2.12 bits per heavy atom. The highest BCUT2D eigenvalue weighted by molar-refractivity contribution is 6.31. The second-order valence-electron chi connectivity index (χ2n) is 8.55. The molecule has 2 aromatic heterocycles. The van der Waals surface area contributed by atoms with Gasteiger partial charge in [0.05, 0.1) is 23.9 Å². The van der Waals surface area contributed by atoms with Gasteiger partial charge in [0.25, 0.3) is 0 Å². The SMILES string of the molecule is C=CC(=O)N1CCN(c2ncnc3c(F)c(-c4cccc(Cl)c4C4CC4)ncc23)C[C@@H]1CC#N. The molecule has 3 aromatic rings. The Kier molecular flexibility index (Phi) is 5.88. The Morgan fingerprint density at radius 1 is 1.29 bits per heavy atom. The number of aromatic nitrogens is 3. The van der Waals surface area contributed by atoms with Crippen LogP contribution in [-0.4, -0.2) is 51.4 Å². The van der Waals surface area contributed by atoms with E-state index in [1.807, 2.05) is 17.0 Å². The predicted octanol–water partition coefficient (Wildman–Crippen LogP) is 4.48. The van der Waals surface area contributed by atoms with Crippen molar-refractivity contribution in [3.05, 3.63) is 59.8 Å². The van der Waals surface area contributed by atoms with Crippen LogP contribution in [0.1, 0.15) is 30.7 Å². The maximum atomic E-state index is 15.8. The van der Waals surface area contributed by atoms with Crippen molar-refractivity contribution in [3.63, 3.8) is 0 Å². The number of nitriles is 1. The molecule has 1 atom stereocenters. The smallest absolute Gasteiger partial charge is 0.246 e. The molecule has 7 nitrogen and oxygen atoms in total. The average molecular weight is 477 g/mol. The van der Waals surface area contributed by atoms with Gasteiger partial charge in [0.1, 0.15) is 23.4 Å². The molecule has 1 saturated carbocycles. The molecule has 0 radical (unpaired) electrons. The molecule has 0 bridgehead atoms. The Labute approximate surface area is 201 Å². The minimum Gasteiger partial charge on any atom is -0.352 e. The molecule has 172 valence electrons. The zero-order valence-corrected chi connectivity index (χ0v) is 19.2. The molecule has 1 aliphatic carbocycles. The van der Waals surface area contributed by atoms with Gasteiger partial charge in [-0.25, -0.2) is 14.4 Å². The van der Waals surface area contributed by atoms with Crippen molar-refractivity contribution in [1.82, 2.24) is 19.9 Å². The number of carbonyl (C=O) groups is 1. The summed E-state index contributed by atoms with van der Waals surface area (Å²) in [7, 11) is 0. The van der Waals surface area contributed by atoms with Gasteiger partial charge in [0.2, 0.25) is 5.91 Å². The maximum Gasteiger partial charge on any atom is 0.246 e. The van der Waals surface area contributed by atoms with Gasteiger partial charge in [-0.15, -0.1) is 0 Å². The van der Waals surface area contributed by atoms with Gasteiger partial charge in [-0.3, -0.25) is 9.78 Å². The number of pyridine rings is 1. The van der Waals surface area contributed by atoms with E-state index >= 15 is 4.39 Å². The standard InChI is InChI=1S/C25H22ClFN6O/c1-2-20(34)33-11-10-32(13-16(33)8-9-28)25-18-12-29-23(22(27)24(18)30-14-31-25)17-4-3-5-19(26)21(17)15-6-7-15/h2-5,12,14-16H,1,6-8,10-11,13H2/t16-/m0/s1. The normalized spacial score (nSPS) is 18.1. The van der Waals surface area contributed by atoms with Crippen LogP contribution >= 0.6 is 11.6 Å². The molecular formula is C25H22ClFN6O. The molecule has 0 N–H and O–H groups in total. The van der Waals surface area contributed by atoms with Gasteiger partial charge in [0, 0.05) is 36.4 Å². The quantitative estimate of drug-likeness (QED) is 0.505. The number of anilines is 1. The Morgan fingerprint density at radius 3 is 2.85 bits per heavy atom. The lowest BCUT2D eigenvalue weighted by Crippen LogP contribution is -2.55. The number of amides is 1. The topological polar surface area (TPSA) is 86.0 Å². The van der Waals surface area contributed by atoms with Crippen LogP contribution in [0.15, 0.2) is 43.4 Å². The van der Waals surface area contributed by atoms with E-state index in [4.69, 9.17) is 11.6 Å². The monoisotopic (exact) mass is 476 g/mol. The first-order chi connectivity index (χ1) is 16.5. The number of nitrogens with zero attached hydrogens (tertiary/aromatic N) is 6. The van der Waals surface area contributed by atoms with E-state index in [0.717, 1.165) is 18.4 Å². The minimum absolute atomic E-state index is 0.175. The number of halogens is 2. The second-order valence-corrected chi connectivity index (χ2v) is 8.96. The molecule has 2 fully saturated rings. The number of rotatable bonds is 5. The van der Waals surface area contributed by atoms with Crippen molar-refractivity contribution in [2.75, 3.05) is 24.5 Å². The van der Waals surface area contributed by atoms with Crippen molar-refractivity contribution >= 4 is 34.2 Å². The summed E-state index contributed by atoms with van der Waals surface area (Å²) in [6.45, 7) is 4.83. The summed E-state index contributed by atoms with van der Waals surface area (Å²) in [6, 6.07) is 7.30. The lowest BCUT2D eigenvalue weighted by Gasteiger charge is -2.41. The van der Waals surface area contributed by atoms with Crippen LogP contribution in [0.5, 0.6) is 0 Å². The molecule has 3 heterocycles. The summed E-state index contributed by atoms with van der Waals surface area (Å²) in [5.74, 6) is 0.135. The fourth-order valence-corrected chi connectivity index (χ4v) is 5.01. The van der Waals surface area contributed by atoms with Crippen molar-refractivity contribution < 1.29 is 9.18 Å². The minimum atomic E-state index is -0.514. The van der Waals surface area contributed by atoms with Crippen molar-refractivity contribution in [2.45, 2.75) is 31.2 Å². The summed E-state index contributed by atoms with van der Waals surface area (Å²) in [5, 5.41) is 10.4. The van der Waals surface area contributed by atoms with Gasteiger partial charge in [0.15, 0.2) is 5.82 Å².